The monoisotopic (exact) mass is 458 g/mol. The summed E-state index contributed by atoms with van der Waals surface area (Å²) in [5.41, 5.74) is 0.856. The van der Waals surface area contributed by atoms with E-state index in [1.807, 2.05) is 41.1 Å². The molecule has 1 aliphatic rings. The predicted octanol–water partition coefficient (Wildman–Crippen LogP) is 2.52. The van der Waals surface area contributed by atoms with Crippen molar-refractivity contribution in [2.75, 3.05) is 32.8 Å². The molecule has 2 aromatic carbocycles. The van der Waals surface area contributed by atoms with E-state index in [1.165, 1.54) is 20.5 Å². The first-order valence-corrected chi connectivity index (χ1v) is 12.3. The van der Waals surface area contributed by atoms with Crippen LogP contribution in [0.4, 0.5) is 0 Å². The Morgan fingerprint density at radius 2 is 1.71 bits per heavy atom. The number of hydrogen-bond donors (Lipinski definition) is 0. The van der Waals surface area contributed by atoms with Gasteiger partial charge in [0, 0.05) is 26.2 Å². The Labute approximate surface area is 184 Å². The van der Waals surface area contributed by atoms with Crippen LogP contribution in [0, 0.1) is 0 Å². The Bertz CT molecular complexity index is 1180. The molecule has 9 heteroatoms. The maximum absolute atomic E-state index is 13.0. The van der Waals surface area contributed by atoms with Crippen LogP contribution in [0.5, 0.6) is 0 Å². The zero-order valence-electron chi connectivity index (χ0n) is 16.8. The van der Waals surface area contributed by atoms with Crippen molar-refractivity contribution < 1.29 is 22.7 Å². The number of carbonyl (C=O) groups is 2. The number of nitrogens with zero attached hydrogens (tertiary/aromatic N) is 2. The number of ether oxygens (including phenoxy) is 1. The summed E-state index contributed by atoms with van der Waals surface area (Å²) in [6, 6.07) is 14.5. The van der Waals surface area contributed by atoms with Crippen molar-refractivity contribution >= 4 is 44.0 Å². The molecule has 0 atom stereocenters. The van der Waals surface area contributed by atoms with Gasteiger partial charge in [-0.15, -0.1) is 0 Å². The molecule has 7 nitrogen and oxygen atoms in total. The topological polar surface area (TPSA) is 84.0 Å². The first kappa shape index (κ1) is 21.5. The Morgan fingerprint density at radius 3 is 2.42 bits per heavy atom. The molecule has 1 aromatic heterocycles. The maximum Gasteiger partial charge on any atom is 0.310 e. The van der Waals surface area contributed by atoms with Gasteiger partial charge in [0.2, 0.25) is 10.0 Å². The number of thiophene rings is 1. The lowest BCUT2D eigenvalue weighted by Gasteiger charge is -2.33. The minimum absolute atomic E-state index is 0.133. The molecule has 31 heavy (non-hydrogen) atoms. The lowest BCUT2D eigenvalue weighted by Crippen LogP contribution is -2.51. The second-order valence-electron chi connectivity index (χ2n) is 7.26. The number of hydrogen-bond acceptors (Lipinski definition) is 6. The molecule has 3 aromatic rings. The highest BCUT2D eigenvalue weighted by Crippen LogP contribution is 2.23. The number of piperazine rings is 1. The fourth-order valence-corrected chi connectivity index (χ4v) is 5.63. The molecular weight excluding hydrogens is 436 g/mol. The minimum atomic E-state index is -3.65. The van der Waals surface area contributed by atoms with E-state index >= 15 is 0 Å². The summed E-state index contributed by atoms with van der Waals surface area (Å²) >= 11 is 1.49. The van der Waals surface area contributed by atoms with Gasteiger partial charge in [-0.05, 0) is 45.3 Å². The fraction of sp³-hybridized carbons (Fsp3) is 0.273. The van der Waals surface area contributed by atoms with Gasteiger partial charge in [0.05, 0.1) is 11.3 Å². The van der Waals surface area contributed by atoms with E-state index in [0.29, 0.717) is 0 Å². The van der Waals surface area contributed by atoms with Crippen molar-refractivity contribution in [1.29, 1.82) is 0 Å². The first-order chi connectivity index (χ1) is 14.9. The van der Waals surface area contributed by atoms with Crippen molar-refractivity contribution in [2.24, 2.45) is 0 Å². The van der Waals surface area contributed by atoms with Gasteiger partial charge in [0.15, 0.2) is 6.61 Å². The number of esters is 1. The largest absolute Gasteiger partial charge is 0.455 e. The van der Waals surface area contributed by atoms with Crippen LogP contribution < -0.4 is 0 Å². The molecule has 162 valence electrons. The Morgan fingerprint density at radius 1 is 0.968 bits per heavy atom. The maximum atomic E-state index is 13.0. The third kappa shape index (κ3) is 4.95. The van der Waals surface area contributed by atoms with E-state index in [9.17, 15) is 18.0 Å². The molecular formula is C22H22N2O5S2. The number of amides is 1. The highest BCUT2D eigenvalue weighted by Gasteiger charge is 2.30. The van der Waals surface area contributed by atoms with Gasteiger partial charge in [-0.3, -0.25) is 9.59 Å². The van der Waals surface area contributed by atoms with Crippen molar-refractivity contribution in [2.45, 2.75) is 11.3 Å². The summed E-state index contributed by atoms with van der Waals surface area (Å²) in [4.78, 5) is 26.0. The molecule has 2 heterocycles. The smallest absolute Gasteiger partial charge is 0.310 e. The van der Waals surface area contributed by atoms with Crippen LogP contribution in [-0.2, 0) is 30.8 Å². The van der Waals surface area contributed by atoms with Crippen molar-refractivity contribution in [3.8, 4) is 0 Å². The number of carbonyl (C=O) groups excluding carboxylic acids is 2. The molecule has 0 spiro atoms. The van der Waals surface area contributed by atoms with Crippen LogP contribution in [0.1, 0.15) is 5.56 Å². The van der Waals surface area contributed by atoms with Crippen molar-refractivity contribution in [3.05, 3.63) is 64.9 Å². The van der Waals surface area contributed by atoms with Gasteiger partial charge in [-0.1, -0.05) is 30.3 Å². The van der Waals surface area contributed by atoms with Crippen LogP contribution in [-0.4, -0.2) is 62.3 Å². The van der Waals surface area contributed by atoms with Gasteiger partial charge < -0.3 is 9.64 Å². The number of rotatable bonds is 6. The van der Waals surface area contributed by atoms with Crippen LogP contribution in [0.3, 0.4) is 0 Å². The molecule has 0 N–H and O–H groups in total. The number of fused-ring (bicyclic) bond motifs is 1. The summed E-state index contributed by atoms with van der Waals surface area (Å²) in [5.74, 6) is -0.773. The third-order valence-corrected chi connectivity index (χ3v) is 7.86. The van der Waals surface area contributed by atoms with E-state index in [1.54, 1.807) is 18.2 Å². The van der Waals surface area contributed by atoms with E-state index < -0.39 is 16.0 Å². The van der Waals surface area contributed by atoms with Gasteiger partial charge in [0.1, 0.15) is 0 Å². The summed E-state index contributed by atoms with van der Waals surface area (Å²) in [6.07, 6.45) is 0.133. The first-order valence-electron chi connectivity index (χ1n) is 9.87. The summed E-state index contributed by atoms with van der Waals surface area (Å²) < 4.78 is 32.5. The molecule has 4 rings (SSSR count). The second kappa shape index (κ2) is 9.17. The molecule has 0 aliphatic carbocycles. The van der Waals surface area contributed by atoms with Gasteiger partial charge in [0.25, 0.3) is 5.91 Å². The molecule has 1 aliphatic heterocycles. The summed E-state index contributed by atoms with van der Waals surface area (Å²) in [6.45, 7) is 0.579. The molecule has 1 fully saturated rings. The van der Waals surface area contributed by atoms with E-state index in [0.717, 1.165) is 16.3 Å². The highest BCUT2D eigenvalue weighted by molar-refractivity contribution is 7.89. The van der Waals surface area contributed by atoms with Gasteiger partial charge in [-0.25, -0.2) is 8.42 Å². The standard InChI is InChI=1S/C22H22N2O5S2/c25-21(15-29-22(26)13-17-7-12-30-16-17)23-8-10-24(11-9-23)31(27,28)20-6-5-18-3-1-2-4-19(18)14-20/h1-7,12,14,16H,8-11,13,15H2. The van der Waals surface area contributed by atoms with Crippen LogP contribution >= 0.6 is 11.3 Å². The zero-order chi connectivity index (χ0) is 21.8. The van der Waals surface area contributed by atoms with Crippen LogP contribution in [0.15, 0.2) is 64.2 Å². The molecule has 0 radical (unpaired) electrons. The lowest BCUT2D eigenvalue weighted by molar-refractivity contribution is -0.152. The summed E-state index contributed by atoms with van der Waals surface area (Å²) in [7, 11) is -3.65. The van der Waals surface area contributed by atoms with Crippen molar-refractivity contribution in [3.63, 3.8) is 0 Å². The fourth-order valence-electron chi connectivity index (χ4n) is 3.50. The Kier molecular flexibility index (Phi) is 6.35. The third-order valence-electron chi connectivity index (χ3n) is 5.24. The van der Waals surface area contributed by atoms with Gasteiger partial charge >= 0.3 is 5.97 Å². The predicted molar refractivity (Wildman–Crippen MR) is 118 cm³/mol. The molecule has 0 saturated carbocycles. The second-order valence-corrected chi connectivity index (χ2v) is 9.98. The average Bonchev–Trinajstić information content (AvgIpc) is 3.30. The zero-order valence-corrected chi connectivity index (χ0v) is 18.4. The van der Waals surface area contributed by atoms with Crippen molar-refractivity contribution in [1.82, 2.24) is 9.21 Å². The quantitative estimate of drug-likeness (QED) is 0.530. The van der Waals surface area contributed by atoms with E-state index in [2.05, 4.69) is 0 Å². The summed E-state index contributed by atoms with van der Waals surface area (Å²) in [5, 5.41) is 5.57. The normalized spacial score (nSPS) is 15.2. The SMILES string of the molecule is O=C(Cc1ccsc1)OCC(=O)N1CCN(S(=O)(=O)c2ccc3ccccc3c2)CC1. The minimum Gasteiger partial charge on any atom is -0.455 e. The molecule has 0 unspecified atom stereocenters. The number of sulfonamides is 1. The highest BCUT2D eigenvalue weighted by atomic mass is 32.2. The average molecular weight is 459 g/mol. The molecule has 0 bridgehead atoms. The molecule has 1 saturated heterocycles. The Hall–Kier alpha value is -2.75. The lowest BCUT2D eigenvalue weighted by atomic mass is 10.1. The molecule has 1 amide bonds. The number of benzene rings is 2. The van der Waals surface area contributed by atoms with E-state index in [-0.39, 0.29) is 50.0 Å². The van der Waals surface area contributed by atoms with Gasteiger partial charge in [-0.2, -0.15) is 15.6 Å². The van der Waals surface area contributed by atoms with Crippen LogP contribution in [0.2, 0.25) is 0 Å². The Balaban J connectivity index is 1.31. The van der Waals surface area contributed by atoms with Crippen LogP contribution in [0.25, 0.3) is 10.8 Å². The van der Waals surface area contributed by atoms with E-state index in [4.69, 9.17) is 4.74 Å².